The van der Waals surface area contributed by atoms with E-state index in [1.165, 1.54) is 29.5 Å². The number of aryl methyl sites for hydroxylation is 2. The molecule has 1 heterocycles. The lowest BCUT2D eigenvalue weighted by molar-refractivity contribution is -0.00785. The lowest BCUT2D eigenvalue weighted by Gasteiger charge is -2.32. The third-order valence-electron chi connectivity index (χ3n) is 3.96. The molecule has 2 atom stereocenters. The van der Waals surface area contributed by atoms with Gasteiger partial charge in [0.25, 0.3) is 0 Å². The number of nitrogens with one attached hydrogen (secondary N) is 1. The first kappa shape index (κ1) is 14.8. The molecule has 2 nitrogen and oxygen atoms in total. The highest BCUT2D eigenvalue weighted by Crippen LogP contribution is 2.32. The molecule has 0 spiro atoms. The van der Waals surface area contributed by atoms with Crippen LogP contribution >= 0.6 is 11.6 Å². The molecule has 1 fully saturated rings. The van der Waals surface area contributed by atoms with E-state index in [-0.39, 0.29) is 12.1 Å². The maximum atomic E-state index is 6.46. The molecule has 106 valence electrons. The van der Waals surface area contributed by atoms with Crippen LogP contribution in [-0.4, -0.2) is 19.3 Å². The molecule has 0 saturated carbocycles. The Balaban J connectivity index is 2.29. The first-order valence-corrected chi connectivity index (χ1v) is 7.63. The molecular formula is C16H24ClNO. The summed E-state index contributed by atoms with van der Waals surface area (Å²) in [5, 5.41) is 4.40. The summed E-state index contributed by atoms with van der Waals surface area (Å²) < 4.78 is 5.95. The minimum absolute atomic E-state index is 0.206. The lowest BCUT2D eigenvalue weighted by atomic mass is 9.93. The number of ether oxygens (including phenoxy) is 1. The second-order valence-corrected chi connectivity index (χ2v) is 5.81. The molecule has 3 heteroatoms. The topological polar surface area (TPSA) is 21.3 Å². The van der Waals surface area contributed by atoms with Crippen molar-refractivity contribution >= 4 is 11.6 Å². The minimum atomic E-state index is 0.206. The number of halogens is 1. The molecule has 0 radical (unpaired) electrons. The van der Waals surface area contributed by atoms with Crippen LogP contribution in [0.2, 0.25) is 5.02 Å². The van der Waals surface area contributed by atoms with Gasteiger partial charge in [-0.2, -0.15) is 0 Å². The van der Waals surface area contributed by atoms with E-state index in [1.807, 2.05) is 0 Å². The van der Waals surface area contributed by atoms with E-state index in [0.29, 0.717) is 0 Å². The zero-order chi connectivity index (χ0) is 13.8. The van der Waals surface area contributed by atoms with Crippen molar-refractivity contribution in [1.29, 1.82) is 0 Å². The molecule has 1 aromatic rings. The summed E-state index contributed by atoms with van der Waals surface area (Å²) in [6.45, 7) is 8.16. The van der Waals surface area contributed by atoms with Crippen molar-refractivity contribution in [2.45, 2.75) is 52.2 Å². The van der Waals surface area contributed by atoms with Crippen LogP contribution in [-0.2, 0) is 4.74 Å². The Morgan fingerprint density at radius 3 is 2.68 bits per heavy atom. The molecule has 19 heavy (non-hydrogen) atoms. The molecule has 1 aliphatic rings. The summed E-state index contributed by atoms with van der Waals surface area (Å²) in [5.74, 6) is 0. The quantitative estimate of drug-likeness (QED) is 0.894. The van der Waals surface area contributed by atoms with Gasteiger partial charge < -0.3 is 10.1 Å². The molecule has 2 unspecified atom stereocenters. The van der Waals surface area contributed by atoms with Gasteiger partial charge in [0.2, 0.25) is 0 Å². The Morgan fingerprint density at radius 1 is 1.32 bits per heavy atom. The third kappa shape index (κ3) is 3.50. The summed E-state index contributed by atoms with van der Waals surface area (Å²) in [6, 6.07) is 4.49. The summed E-state index contributed by atoms with van der Waals surface area (Å²) >= 11 is 6.46. The summed E-state index contributed by atoms with van der Waals surface area (Å²) in [6.07, 6.45) is 3.78. The highest BCUT2D eigenvalue weighted by molar-refractivity contribution is 6.31. The maximum Gasteiger partial charge on any atom is 0.0770 e. The number of rotatable bonds is 4. The van der Waals surface area contributed by atoms with Crippen LogP contribution in [0, 0.1) is 13.8 Å². The molecule has 1 saturated heterocycles. The predicted molar refractivity (Wildman–Crippen MR) is 80.9 cm³/mol. The Labute approximate surface area is 121 Å². The lowest BCUT2D eigenvalue weighted by Crippen LogP contribution is -2.36. The molecule has 0 bridgehead atoms. The molecule has 2 rings (SSSR count). The van der Waals surface area contributed by atoms with Crippen LogP contribution in [0.3, 0.4) is 0 Å². The summed E-state index contributed by atoms with van der Waals surface area (Å²) in [5.41, 5.74) is 3.71. The van der Waals surface area contributed by atoms with Gasteiger partial charge in [0.1, 0.15) is 0 Å². The average Bonchev–Trinajstić information content (AvgIpc) is 2.42. The monoisotopic (exact) mass is 281 g/mol. The van der Waals surface area contributed by atoms with E-state index in [9.17, 15) is 0 Å². The van der Waals surface area contributed by atoms with Crippen molar-refractivity contribution in [3.8, 4) is 0 Å². The zero-order valence-corrected chi connectivity index (χ0v) is 12.9. The van der Waals surface area contributed by atoms with Crippen molar-refractivity contribution in [1.82, 2.24) is 5.32 Å². The smallest absolute Gasteiger partial charge is 0.0770 e. The van der Waals surface area contributed by atoms with Crippen LogP contribution in [0.1, 0.15) is 48.9 Å². The van der Waals surface area contributed by atoms with E-state index >= 15 is 0 Å². The molecule has 0 amide bonds. The van der Waals surface area contributed by atoms with Crippen LogP contribution in [0.15, 0.2) is 12.1 Å². The van der Waals surface area contributed by atoms with Crippen LogP contribution in [0.25, 0.3) is 0 Å². The molecule has 1 aliphatic heterocycles. The van der Waals surface area contributed by atoms with Gasteiger partial charge in [0, 0.05) is 11.6 Å². The predicted octanol–water partition coefficient (Wildman–Crippen LogP) is 4.18. The molecular weight excluding hydrogens is 258 g/mol. The minimum Gasteiger partial charge on any atom is -0.376 e. The normalized spacial score (nSPS) is 21.4. The van der Waals surface area contributed by atoms with Gasteiger partial charge in [-0.3, -0.25) is 0 Å². The zero-order valence-electron chi connectivity index (χ0n) is 12.1. The first-order valence-electron chi connectivity index (χ1n) is 7.25. The third-order valence-corrected chi connectivity index (χ3v) is 4.29. The van der Waals surface area contributed by atoms with Crippen molar-refractivity contribution in [2.24, 2.45) is 0 Å². The standard InChI is InChI=1S/C16H24ClNO/c1-4-18-16(15-7-5-6-8-19-15)13-9-11(2)12(3)10-14(13)17/h9-10,15-16,18H,4-8H2,1-3H3. The second kappa shape index (κ2) is 6.74. The van der Waals surface area contributed by atoms with E-state index in [4.69, 9.17) is 16.3 Å². The van der Waals surface area contributed by atoms with Crippen molar-refractivity contribution in [2.75, 3.05) is 13.2 Å². The Hall–Kier alpha value is -0.570. The second-order valence-electron chi connectivity index (χ2n) is 5.40. The van der Waals surface area contributed by atoms with E-state index in [0.717, 1.165) is 24.6 Å². The highest BCUT2D eigenvalue weighted by Gasteiger charge is 2.27. The molecule has 1 N–H and O–H groups in total. The van der Waals surface area contributed by atoms with Crippen molar-refractivity contribution in [3.05, 3.63) is 33.8 Å². The first-order chi connectivity index (χ1) is 9.13. The number of hydrogen-bond acceptors (Lipinski definition) is 2. The molecule has 1 aromatic carbocycles. The van der Waals surface area contributed by atoms with Crippen molar-refractivity contribution < 1.29 is 4.74 Å². The SMILES string of the molecule is CCNC(c1cc(C)c(C)cc1Cl)C1CCCCO1. The fourth-order valence-corrected chi connectivity index (χ4v) is 3.07. The van der Waals surface area contributed by atoms with Gasteiger partial charge in [0.15, 0.2) is 0 Å². The van der Waals surface area contributed by atoms with Gasteiger partial charge in [-0.05, 0) is 62.4 Å². The van der Waals surface area contributed by atoms with Gasteiger partial charge in [-0.25, -0.2) is 0 Å². The summed E-state index contributed by atoms with van der Waals surface area (Å²) in [4.78, 5) is 0. The van der Waals surface area contributed by atoms with Crippen LogP contribution in [0.4, 0.5) is 0 Å². The average molecular weight is 282 g/mol. The maximum absolute atomic E-state index is 6.46. The fourth-order valence-electron chi connectivity index (χ4n) is 2.73. The largest absolute Gasteiger partial charge is 0.376 e. The van der Waals surface area contributed by atoms with Gasteiger partial charge >= 0.3 is 0 Å². The Bertz CT molecular complexity index is 427. The van der Waals surface area contributed by atoms with E-state index < -0.39 is 0 Å². The fraction of sp³-hybridized carbons (Fsp3) is 0.625. The van der Waals surface area contributed by atoms with Crippen LogP contribution in [0.5, 0.6) is 0 Å². The number of likely N-dealkylation sites (N-methyl/N-ethyl adjacent to an activating group) is 1. The van der Waals surface area contributed by atoms with Gasteiger partial charge in [-0.1, -0.05) is 24.6 Å². The number of hydrogen-bond donors (Lipinski definition) is 1. The van der Waals surface area contributed by atoms with Gasteiger partial charge in [-0.15, -0.1) is 0 Å². The Morgan fingerprint density at radius 2 is 2.05 bits per heavy atom. The molecule has 0 aliphatic carbocycles. The van der Waals surface area contributed by atoms with E-state index in [1.54, 1.807) is 0 Å². The van der Waals surface area contributed by atoms with E-state index in [2.05, 4.69) is 38.2 Å². The highest BCUT2D eigenvalue weighted by atomic mass is 35.5. The molecule has 0 aromatic heterocycles. The van der Waals surface area contributed by atoms with Crippen LogP contribution < -0.4 is 5.32 Å². The number of benzene rings is 1. The van der Waals surface area contributed by atoms with Crippen molar-refractivity contribution in [3.63, 3.8) is 0 Å². The Kier molecular flexibility index (Phi) is 5.26. The summed E-state index contributed by atoms with van der Waals surface area (Å²) in [7, 11) is 0. The van der Waals surface area contributed by atoms with Gasteiger partial charge in [0.05, 0.1) is 12.1 Å².